The fraction of sp³-hybridized carbons (Fsp3) is 0.533. The molecule has 0 fully saturated rings. The third-order valence-corrected chi connectivity index (χ3v) is 3.17. The van der Waals surface area contributed by atoms with Crippen molar-refractivity contribution < 1.29 is 27.4 Å². The predicted octanol–water partition coefficient (Wildman–Crippen LogP) is 3.95. The number of hydrogen-bond donors (Lipinski definition) is 1. The second kappa shape index (κ2) is 7.49. The molecule has 7 heteroatoms. The maximum atomic E-state index is 13.2. The molecular weight excluding hydrogens is 299 g/mol. The molecule has 2 N–H and O–H groups in total. The summed E-state index contributed by atoms with van der Waals surface area (Å²) in [5.74, 6) is -0.780. The van der Waals surface area contributed by atoms with E-state index in [4.69, 9.17) is 10.5 Å². The van der Waals surface area contributed by atoms with Gasteiger partial charge in [0.15, 0.2) is 0 Å². The summed E-state index contributed by atoms with van der Waals surface area (Å²) in [7, 11) is 1.14. The van der Waals surface area contributed by atoms with Crippen LogP contribution in [0.4, 0.5) is 18.9 Å². The van der Waals surface area contributed by atoms with Crippen molar-refractivity contribution in [3.05, 3.63) is 28.8 Å². The van der Waals surface area contributed by atoms with Gasteiger partial charge in [0.25, 0.3) is 0 Å². The first-order valence-corrected chi connectivity index (χ1v) is 6.96. The second-order valence-electron chi connectivity index (χ2n) is 4.78. The molecule has 22 heavy (non-hydrogen) atoms. The van der Waals surface area contributed by atoms with E-state index in [2.05, 4.69) is 4.74 Å². The largest absolute Gasteiger partial charge is 0.465 e. The van der Waals surface area contributed by atoms with Gasteiger partial charge in [-0.3, -0.25) is 0 Å². The molecule has 1 atom stereocenters. The topological polar surface area (TPSA) is 61.5 Å². The molecule has 0 amide bonds. The Bertz CT molecular complexity index is 529. The number of ether oxygens (including phenoxy) is 2. The van der Waals surface area contributed by atoms with Crippen molar-refractivity contribution >= 4 is 11.7 Å². The molecule has 1 unspecified atom stereocenters. The molecule has 0 aliphatic carbocycles. The molecule has 0 aliphatic heterocycles. The van der Waals surface area contributed by atoms with E-state index in [1.54, 1.807) is 6.92 Å². The zero-order valence-electron chi connectivity index (χ0n) is 12.8. The van der Waals surface area contributed by atoms with E-state index in [1.807, 2.05) is 6.92 Å². The van der Waals surface area contributed by atoms with Crippen LogP contribution in [0.3, 0.4) is 0 Å². The number of hydrogen-bond acceptors (Lipinski definition) is 4. The van der Waals surface area contributed by atoms with Gasteiger partial charge in [0.1, 0.15) is 0 Å². The van der Waals surface area contributed by atoms with Crippen molar-refractivity contribution in [2.75, 3.05) is 19.5 Å². The minimum Gasteiger partial charge on any atom is -0.465 e. The smallest absolute Gasteiger partial charge is 0.416 e. The molecule has 0 saturated heterocycles. The Balaban J connectivity index is 3.44. The molecule has 0 aromatic heterocycles. The quantitative estimate of drug-likeness (QED) is 0.637. The van der Waals surface area contributed by atoms with Gasteiger partial charge < -0.3 is 15.2 Å². The average Bonchev–Trinajstić information content (AvgIpc) is 2.46. The molecule has 0 saturated carbocycles. The van der Waals surface area contributed by atoms with Crippen LogP contribution in [0.5, 0.6) is 0 Å². The number of rotatable bonds is 6. The minimum absolute atomic E-state index is 0.0935. The van der Waals surface area contributed by atoms with E-state index < -0.39 is 23.8 Å². The average molecular weight is 319 g/mol. The highest BCUT2D eigenvalue weighted by molar-refractivity contribution is 5.95. The number of halogens is 3. The second-order valence-corrected chi connectivity index (χ2v) is 4.78. The molecule has 1 aromatic carbocycles. The fourth-order valence-electron chi connectivity index (χ4n) is 2.12. The van der Waals surface area contributed by atoms with Gasteiger partial charge in [-0.25, -0.2) is 4.79 Å². The van der Waals surface area contributed by atoms with Gasteiger partial charge in [-0.05, 0) is 30.5 Å². The summed E-state index contributed by atoms with van der Waals surface area (Å²) in [6.07, 6.45) is -4.33. The number of carbonyl (C=O) groups is 1. The van der Waals surface area contributed by atoms with Gasteiger partial charge in [-0.15, -0.1) is 0 Å². The first-order valence-electron chi connectivity index (χ1n) is 6.96. The zero-order chi connectivity index (χ0) is 16.9. The molecule has 1 rings (SSSR count). The van der Waals surface area contributed by atoms with Crippen LogP contribution >= 0.6 is 0 Å². The number of nitrogens with two attached hydrogens (primary N) is 1. The maximum Gasteiger partial charge on any atom is 0.416 e. The summed E-state index contributed by atoms with van der Waals surface area (Å²) in [4.78, 5) is 11.6. The highest BCUT2D eigenvalue weighted by atomic mass is 19.4. The first kappa shape index (κ1) is 18.3. The third-order valence-electron chi connectivity index (χ3n) is 3.17. The summed E-state index contributed by atoms with van der Waals surface area (Å²) in [5.41, 5.74) is 4.21. The van der Waals surface area contributed by atoms with Crippen LogP contribution in [0.15, 0.2) is 12.1 Å². The first-order chi connectivity index (χ1) is 10.3. The zero-order valence-corrected chi connectivity index (χ0v) is 12.8. The normalized spacial score (nSPS) is 13.0. The van der Waals surface area contributed by atoms with Crippen LogP contribution in [0.2, 0.25) is 0 Å². The Labute approximate surface area is 127 Å². The van der Waals surface area contributed by atoms with Gasteiger partial charge in [0.2, 0.25) is 0 Å². The lowest BCUT2D eigenvalue weighted by molar-refractivity contribution is -0.139. The van der Waals surface area contributed by atoms with Crippen molar-refractivity contribution in [2.24, 2.45) is 0 Å². The number of benzene rings is 1. The minimum atomic E-state index is -4.58. The summed E-state index contributed by atoms with van der Waals surface area (Å²) < 4.78 is 49.7. The summed E-state index contributed by atoms with van der Waals surface area (Å²) >= 11 is 0. The Morgan fingerprint density at radius 1 is 1.32 bits per heavy atom. The van der Waals surface area contributed by atoms with Gasteiger partial charge in [-0.1, -0.05) is 13.8 Å². The number of alkyl halides is 3. The van der Waals surface area contributed by atoms with Gasteiger partial charge in [0.05, 0.1) is 24.3 Å². The van der Waals surface area contributed by atoms with Crippen molar-refractivity contribution in [3.63, 3.8) is 0 Å². The van der Waals surface area contributed by atoms with Crippen LogP contribution in [-0.2, 0) is 15.7 Å². The van der Waals surface area contributed by atoms with Crippen molar-refractivity contribution in [1.29, 1.82) is 0 Å². The highest BCUT2D eigenvalue weighted by Crippen LogP contribution is 2.39. The molecular formula is C15H20F3NO3. The van der Waals surface area contributed by atoms with Crippen LogP contribution in [0.25, 0.3) is 0 Å². The maximum absolute atomic E-state index is 13.2. The standard InChI is InChI=1S/C15H20F3NO3/c1-4-6-22-13(5-2)9-7-10(14(20)21-3)12(19)8-11(9)15(16,17)18/h7-8,13H,4-6,19H2,1-3H3. The molecule has 1 aromatic rings. The van der Waals surface area contributed by atoms with E-state index in [0.29, 0.717) is 19.4 Å². The number of methoxy groups -OCH3 is 1. The summed E-state index contributed by atoms with van der Waals surface area (Å²) in [6, 6.07) is 1.88. The van der Waals surface area contributed by atoms with E-state index >= 15 is 0 Å². The fourth-order valence-corrected chi connectivity index (χ4v) is 2.12. The number of carbonyl (C=O) groups excluding carboxylic acids is 1. The van der Waals surface area contributed by atoms with Gasteiger partial charge >= 0.3 is 12.1 Å². The number of anilines is 1. The number of nitrogen functional groups attached to an aromatic ring is 1. The molecule has 0 aliphatic rings. The Morgan fingerprint density at radius 3 is 2.41 bits per heavy atom. The van der Waals surface area contributed by atoms with Crippen molar-refractivity contribution in [1.82, 2.24) is 0 Å². The lowest BCUT2D eigenvalue weighted by atomic mass is 9.96. The molecule has 0 spiro atoms. The molecule has 0 bridgehead atoms. The van der Waals surface area contributed by atoms with Crippen molar-refractivity contribution in [3.8, 4) is 0 Å². The third kappa shape index (κ3) is 4.13. The molecule has 124 valence electrons. The highest BCUT2D eigenvalue weighted by Gasteiger charge is 2.36. The molecule has 0 radical (unpaired) electrons. The lowest BCUT2D eigenvalue weighted by Crippen LogP contribution is -2.17. The summed E-state index contributed by atoms with van der Waals surface area (Å²) in [5, 5.41) is 0. The molecule has 4 nitrogen and oxygen atoms in total. The SMILES string of the molecule is CCCOC(CC)c1cc(C(=O)OC)c(N)cc1C(F)(F)F. The van der Waals surface area contributed by atoms with E-state index in [1.165, 1.54) is 0 Å². The number of esters is 1. The monoisotopic (exact) mass is 319 g/mol. The Kier molecular flexibility index (Phi) is 6.22. The Morgan fingerprint density at radius 2 is 1.95 bits per heavy atom. The summed E-state index contributed by atoms with van der Waals surface area (Å²) in [6.45, 7) is 3.91. The van der Waals surface area contributed by atoms with Crippen LogP contribution in [0.1, 0.15) is 54.3 Å². The Hall–Kier alpha value is -1.76. The van der Waals surface area contributed by atoms with E-state index in [-0.39, 0.29) is 16.8 Å². The lowest BCUT2D eigenvalue weighted by Gasteiger charge is -2.22. The molecule has 0 heterocycles. The van der Waals surface area contributed by atoms with Crippen LogP contribution in [-0.4, -0.2) is 19.7 Å². The van der Waals surface area contributed by atoms with E-state index in [0.717, 1.165) is 19.2 Å². The van der Waals surface area contributed by atoms with Crippen molar-refractivity contribution in [2.45, 2.75) is 39.0 Å². The van der Waals surface area contributed by atoms with Gasteiger partial charge in [0, 0.05) is 12.3 Å². The van der Waals surface area contributed by atoms with E-state index in [9.17, 15) is 18.0 Å². The van der Waals surface area contributed by atoms with Crippen LogP contribution < -0.4 is 5.73 Å². The predicted molar refractivity (Wildman–Crippen MR) is 76.5 cm³/mol. The van der Waals surface area contributed by atoms with Crippen LogP contribution in [0, 0.1) is 0 Å². The van der Waals surface area contributed by atoms with Gasteiger partial charge in [-0.2, -0.15) is 13.2 Å².